The first-order chi connectivity index (χ1) is 7.03. The van der Waals surface area contributed by atoms with Gasteiger partial charge in [0.05, 0.1) is 0 Å². The minimum absolute atomic E-state index is 0.102. The fourth-order valence-electron chi connectivity index (χ4n) is 2.06. The third kappa shape index (κ3) is 2.79. The van der Waals surface area contributed by atoms with Crippen LogP contribution in [0.3, 0.4) is 0 Å². The average Bonchev–Trinajstić information content (AvgIpc) is 1.97. The van der Waals surface area contributed by atoms with Crippen molar-refractivity contribution in [2.75, 3.05) is 0 Å². The van der Waals surface area contributed by atoms with Gasteiger partial charge in [0.2, 0.25) is 0 Å². The molecule has 0 aliphatic heterocycles. The molecule has 1 rings (SSSR count). The fourth-order valence-corrected chi connectivity index (χ4v) is 2.56. The van der Waals surface area contributed by atoms with Gasteiger partial charge in [-0.05, 0) is 40.5 Å². The highest BCUT2D eigenvalue weighted by Gasteiger charge is 2.23. The van der Waals surface area contributed by atoms with Crippen molar-refractivity contribution in [1.29, 1.82) is 0 Å². The van der Waals surface area contributed by atoms with Crippen LogP contribution in [0.25, 0.3) is 0 Å². The van der Waals surface area contributed by atoms with Crippen LogP contribution in [0.2, 0.25) is 5.02 Å². The molecule has 0 spiro atoms. The van der Waals surface area contributed by atoms with E-state index in [9.17, 15) is 0 Å². The van der Waals surface area contributed by atoms with Gasteiger partial charge in [0, 0.05) is 5.02 Å². The summed E-state index contributed by atoms with van der Waals surface area (Å²) < 4.78 is 0. The van der Waals surface area contributed by atoms with Gasteiger partial charge in [-0.2, -0.15) is 0 Å². The highest BCUT2D eigenvalue weighted by atomic mass is 35.5. The second kappa shape index (κ2) is 4.07. The van der Waals surface area contributed by atoms with Crippen LogP contribution in [0.15, 0.2) is 12.1 Å². The van der Waals surface area contributed by atoms with E-state index in [2.05, 4.69) is 60.6 Å². The molecular formula is C15H23Cl. The van der Waals surface area contributed by atoms with Crippen molar-refractivity contribution >= 4 is 11.6 Å². The van der Waals surface area contributed by atoms with Gasteiger partial charge in [0.25, 0.3) is 0 Å². The molecule has 0 aliphatic carbocycles. The van der Waals surface area contributed by atoms with Crippen molar-refractivity contribution in [3.05, 3.63) is 33.8 Å². The molecule has 0 heterocycles. The molecule has 0 aromatic heterocycles. The van der Waals surface area contributed by atoms with Crippen molar-refractivity contribution in [2.45, 2.75) is 59.3 Å². The maximum Gasteiger partial charge on any atom is 0.0446 e. The Bertz CT molecular complexity index is 354. The van der Waals surface area contributed by atoms with E-state index in [0.29, 0.717) is 0 Å². The Hall–Kier alpha value is -0.490. The molecule has 0 bridgehead atoms. The first-order valence-corrected chi connectivity index (χ1v) is 6.22. The monoisotopic (exact) mass is 238 g/mol. The molecule has 0 aliphatic rings. The molecule has 0 fully saturated rings. The smallest absolute Gasteiger partial charge is 0.0446 e. The van der Waals surface area contributed by atoms with Crippen LogP contribution in [0.4, 0.5) is 0 Å². The molecule has 1 heteroatoms. The Morgan fingerprint density at radius 1 is 0.812 bits per heavy atom. The lowest BCUT2D eigenvalue weighted by molar-refractivity contribution is 0.566. The molecule has 0 saturated carbocycles. The van der Waals surface area contributed by atoms with Crippen LogP contribution >= 0.6 is 11.6 Å². The van der Waals surface area contributed by atoms with E-state index in [1.807, 2.05) is 0 Å². The van der Waals surface area contributed by atoms with Crippen molar-refractivity contribution in [3.63, 3.8) is 0 Å². The van der Waals surface area contributed by atoms with Crippen LogP contribution in [-0.2, 0) is 10.8 Å². The summed E-state index contributed by atoms with van der Waals surface area (Å²) in [6.07, 6.45) is 0. The Balaban J connectivity index is 3.45. The normalized spacial score (nSPS) is 13.0. The van der Waals surface area contributed by atoms with Crippen molar-refractivity contribution < 1.29 is 0 Å². The van der Waals surface area contributed by atoms with E-state index in [1.165, 1.54) is 16.7 Å². The van der Waals surface area contributed by atoms with Gasteiger partial charge >= 0.3 is 0 Å². The summed E-state index contributed by atoms with van der Waals surface area (Å²) in [6, 6.07) is 4.38. The summed E-state index contributed by atoms with van der Waals surface area (Å²) in [7, 11) is 0. The fraction of sp³-hybridized carbons (Fsp3) is 0.600. The molecule has 16 heavy (non-hydrogen) atoms. The highest BCUT2D eigenvalue weighted by Crippen LogP contribution is 2.35. The predicted molar refractivity (Wildman–Crippen MR) is 73.6 cm³/mol. The van der Waals surface area contributed by atoms with E-state index in [-0.39, 0.29) is 10.8 Å². The number of hydrogen-bond acceptors (Lipinski definition) is 0. The summed E-state index contributed by atoms with van der Waals surface area (Å²) in [5.41, 5.74) is 4.19. The summed E-state index contributed by atoms with van der Waals surface area (Å²) in [4.78, 5) is 0. The first-order valence-electron chi connectivity index (χ1n) is 5.84. The largest absolute Gasteiger partial charge is 0.0840 e. The van der Waals surface area contributed by atoms with E-state index in [4.69, 9.17) is 11.6 Å². The Kier molecular flexibility index (Phi) is 3.45. The SMILES string of the molecule is Cc1cc(Cl)c(C(C)(C)C)cc1C(C)(C)C. The van der Waals surface area contributed by atoms with Crippen molar-refractivity contribution in [2.24, 2.45) is 0 Å². The van der Waals surface area contributed by atoms with Crippen molar-refractivity contribution in [1.82, 2.24) is 0 Å². The van der Waals surface area contributed by atoms with Gasteiger partial charge in [-0.25, -0.2) is 0 Å². The lowest BCUT2D eigenvalue weighted by Gasteiger charge is -2.27. The highest BCUT2D eigenvalue weighted by molar-refractivity contribution is 6.31. The van der Waals surface area contributed by atoms with E-state index >= 15 is 0 Å². The lowest BCUT2D eigenvalue weighted by Crippen LogP contribution is -2.18. The van der Waals surface area contributed by atoms with E-state index in [1.54, 1.807) is 0 Å². The van der Waals surface area contributed by atoms with Crippen LogP contribution in [-0.4, -0.2) is 0 Å². The minimum Gasteiger partial charge on any atom is -0.0840 e. The van der Waals surface area contributed by atoms with Crippen LogP contribution in [0.5, 0.6) is 0 Å². The topological polar surface area (TPSA) is 0 Å². The average molecular weight is 239 g/mol. The third-order valence-electron chi connectivity index (χ3n) is 2.93. The summed E-state index contributed by atoms with van der Waals surface area (Å²) in [5, 5.41) is 0.887. The molecular weight excluding hydrogens is 216 g/mol. The number of benzene rings is 1. The Morgan fingerprint density at radius 2 is 1.25 bits per heavy atom. The molecule has 0 radical (unpaired) electrons. The predicted octanol–water partition coefficient (Wildman–Crippen LogP) is 5.24. The second-order valence-corrected chi connectivity index (χ2v) is 7.05. The van der Waals surface area contributed by atoms with Gasteiger partial charge in [0.15, 0.2) is 0 Å². The number of hydrogen-bond donors (Lipinski definition) is 0. The molecule has 0 saturated heterocycles. The number of aryl methyl sites for hydroxylation is 1. The lowest BCUT2D eigenvalue weighted by atomic mass is 9.79. The molecule has 0 amide bonds. The number of halogens is 1. The third-order valence-corrected chi connectivity index (χ3v) is 3.24. The van der Waals surface area contributed by atoms with E-state index < -0.39 is 0 Å². The maximum absolute atomic E-state index is 6.34. The zero-order chi connectivity index (χ0) is 12.7. The zero-order valence-electron chi connectivity index (χ0n) is 11.5. The summed E-state index contributed by atoms with van der Waals surface area (Å²) in [5.74, 6) is 0. The molecule has 1 aromatic rings. The molecule has 0 atom stereocenters. The van der Waals surface area contributed by atoms with Gasteiger partial charge in [0.1, 0.15) is 0 Å². The van der Waals surface area contributed by atoms with Gasteiger partial charge < -0.3 is 0 Å². The Labute approximate surface area is 105 Å². The van der Waals surface area contributed by atoms with Crippen molar-refractivity contribution in [3.8, 4) is 0 Å². The van der Waals surface area contributed by atoms with Gasteiger partial charge in [-0.15, -0.1) is 0 Å². The first kappa shape index (κ1) is 13.6. The summed E-state index contributed by atoms with van der Waals surface area (Å²) >= 11 is 6.34. The second-order valence-electron chi connectivity index (χ2n) is 6.65. The summed E-state index contributed by atoms with van der Waals surface area (Å²) in [6.45, 7) is 15.5. The molecule has 1 aromatic carbocycles. The standard InChI is InChI=1S/C15H23Cl/c1-10-8-13(16)12(15(5,6)7)9-11(10)14(2,3)4/h8-9H,1-7H3. The quantitative estimate of drug-likeness (QED) is 0.580. The van der Waals surface area contributed by atoms with E-state index in [0.717, 1.165) is 5.02 Å². The number of rotatable bonds is 0. The minimum atomic E-state index is 0.102. The van der Waals surface area contributed by atoms with Gasteiger partial charge in [-0.1, -0.05) is 59.2 Å². The van der Waals surface area contributed by atoms with Crippen LogP contribution < -0.4 is 0 Å². The maximum atomic E-state index is 6.34. The Morgan fingerprint density at radius 3 is 1.62 bits per heavy atom. The van der Waals surface area contributed by atoms with Gasteiger partial charge in [-0.3, -0.25) is 0 Å². The van der Waals surface area contributed by atoms with Crippen LogP contribution in [0.1, 0.15) is 58.2 Å². The molecule has 0 nitrogen and oxygen atoms in total. The molecule has 0 N–H and O–H groups in total. The molecule has 90 valence electrons. The van der Waals surface area contributed by atoms with Crippen LogP contribution in [0, 0.1) is 6.92 Å². The molecule has 0 unspecified atom stereocenters. The zero-order valence-corrected chi connectivity index (χ0v) is 12.3.